The first kappa shape index (κ1) is 17.3. The van der Waals surface area contributed by atoms with Crippen molar-refractivity contribution in [1.82, 2.24) is 20.4 Å². The van der Waals surface area contributed by atoms with E-state index in [0.717, 1.165) is 30.8 Å². The van der Waals surface area contributed by atoms with Crippen molar-refractivity contribution in [3.8, 4) is 22.7 Å². The predicted octanol–water partition coefficient (Wildman–Crippen LogP) is 2.64. The summed E-state index contributed by atoms with van der Waals surface area (Å²) in [6, 6.07) is 17.5. The number of methoxy groups -OCH3 is 1. The third-order valence-corrected chi connectivity index (χ3v) is 4.74. The number of carbonyl (C=O) groups excluding carboxylic acids is 1. The summed E-state index contributed by atoms with van der Waals surface area (Å²) in [5, 5.41) is 11.1. The largest absolute Gasteiger partial charge is 0.496 e. The summed E-state index contributed by atoms with van der Waals surface area (Å²) in [6.07, 6.45) is 2.72. The Morgan fingerprint density at radius 1 is 1.19 bits per heavy atom. The number of benzene rings is 2. The number of amides is 1. The predicted molar refractivity (Wildman–Crippen MR) is 104 cm³/mol. The van der Waals surface area contributed by atoms with E-state index >= 15 is 0 Å². The monoisotopic (exact) mass is 362 g/mol. The molecule has 3 aromatic rings. The van der Waals surface area contributed by atoms with Crippen LogP contribution in [0.25, 0.3) is 16.9 Å². The van der Waals surface area contributed by atoms with Crippen molar-refractivity contribution in [2.75, 3.05) is 20.2 Å². The molecule has 6 heteroatoms. The van der Waals surface area contributed by atoms with Gasteiger partial charge < -0.3 is 15.4 Å². The van der Waals surface area contributed by atoms with Gasteiger partial charge in [0.2, 0.25) is 0 Å². The highest BCUT2D eigenvalue weighted by Gasteiger charge is 2.24. The Hall–Kier alpha value is -3.12. The van der Waals surface area contributed by atoms with E-state index in [1.54, 1.807) is 18.0 Å². The Kier molecular flexibility index (Phi) is 4.89. The van der Waals surface area contributed by atoms with Crippen molar-refractivity contribution in [3.05, 3.63) is 66.4 Å². The van der Waals surface area contributed by atoms with Gasteiger partial charge in [0.25, 0.3) is 5.91 Å². The number of rotatable bonds is 5. The van der Waals surface area contributed by atoms with Gasteiger partial charge in [-0.3, -0.25) is 4.79 Å². The van der Waals surface area contributed by atoms with Crippen LogP contribution in [-0.2, 0) is 0 Å². The zero-order chi connectivity index (χ0) is 18.6. The highest BCUT2D eigenvalue weighted by molar-refractivity contribution is 6.00. The summed E-state index contributed by atoms with van der Waals surface area (Å²) in [5.74, 6) is 0.569. The summed E-state index contributed by atoms with van der Waals surface area (Å²) in [4.78, 5) is 13.0. The van der Waals surface area contributed by atoms with Crippen molar-refractivity contribution in [2.24, 2.45) is 0 Å². The molecule has 0 saturated carbocycles. The van der Waals surface area contributed by atoms with Crippen LogP contribution in [0.15, 0.2) is 60.8 Å². The third-order valence-electron chi connectivity index (χ3n) is 4.74. The molecule has 138 valence electrons. The van der Waals surface area contributed by atoms with Crippen molar-refractivity contribution >= 4 is 5.91 Å². The minimum Gasteiger partial charge on any atom is -0.496 e. The van der Waals surface area contributed by atoms with Gasteiger partial charge in [0, 0.05) is 24.3 Å². The van der Waals surface area contributed by atoms with Gasteiger partial charge in [-0.15, -0.1) is 0 Å². The molecule has 0 spiro atoms. The molecule has 1 amide bonds. The van der Waals surface area contributed by atoms with Crippen molar-refractivity contribution in [3.63, 3.8) is 0 Å². The summed E-state index contributed by atoms with van der Waals surface area (Å²) in [5.41, 5.74) is 2.84. The molecule has 0 bridgehead atoms. The maximum Gasteiger partial charge on any atom is 0.255 e. The minimum atomic E-state index is -0.119. The number of ether oxygens (including phenoxy) is 1. The van der Waals surface area contributed by atoms with E-state index in [-0.39, 0.29) is 11.9 Å². The molecule has 1 unspecified atom stereocenters. The highest BCUT2D eigenvalue weighted by atomic mass is 16.5. The third kappa shape index (κ3) is 3.57. The second-order valence-corrected chi connectivity index (χ2v) is 6.53. The number of hydrogen-bond acceptors (Lipinski definition) is 4. The Bertz CT molecular complexity index is 930. The molecule has 1 aromatic heterocycles. The fraction of sp³-hybridized carbons (Fsp3) is 0.238. The average molecular weight is 362 g/mol. The summed E-state index contributed by atoms with van der Waals surface area (Å²) < 4.78 is 7.23. The lowest BCUT2D eigenvalue weighted by Gasteiger charge is -2.12. The Morgan fingerprint density at radius 2 is 1.96 bits per heavy atom. The normalized spacial score (nSPS) is 16.3. The van der Waals surface area contributed by atoms with Crippen LogP contribution in [0.4, 0.5) is 0 Å². The van der Waals surface area contributed by atoms with Crippen LogP contribution in [0.1, 0.15) is 16.8 Å². The maximum atomic E-state index is 13.0. The van der Waals surface area contributed by atoms with Crippen LogP contribution in [0.5, 0.6) is 5.75 Å². The number of nitrogens with zero attached hydrogens (tertiary/aromatic N) is 2. The lowest BCUT2D eigenvalue weighted by Crippen LogP contribution is -2.36. The number of para-hydroxylation sites is 2. The molecule has 0 radical (unpaired) electrons. The zero-order valence-electron chi connectivity index (χ0n) is 15.2. The number of aromatic nitrogens is 2. The topological polar surface area (TPSA) is 68.2 Å². The second kappa shape index (κ2) is 7.63. The molecule has 1 aliphatic heterocycles. The van der Waals surface area contributed by atoms with Crippen LogP contribution in [-0.4, -0.2) is 41.9 Å². The number of hydrogen-bond donors (Lipinski definition) is 2. The fourth-order valence-corrected chi connectivity index (χ4v) is 3.33. The van der Waals surface area contributed by atoms with Gasteiger partial charge in [0.1, 0.15) is 11.4 Å². The minimum absolute atomic E-state index is 0.119. The molecule has 1 saturated heterocycles. The van der Waals surface area contributed by atoms with Crippen LogP contribution in [0.2, 0.25) is 0 Å². The van der Waals surface area contributed by atoms with E-state index in [1.807, 2.05) is 54.6 Å². The average Bonchev–Trinajstić information content (AvgIpc) is 3.38. The molecule has 0 aliphatic carbocycles. The summed E-state index contributed by atoms with van der Waals surface area (Å²) in [6.45, 7) is 1.72. The van der Waals surface area contributed by atoms with Gasteiger partial charge in [-0.25, -0.2) is 4.68 Å². The molecule has 1 atom stereocenters. The van der Waals surface area contributed by atoms with Crippen LogP contribution in [0, 0.1) is 0 Å². The molecular weight excluding hydrogens is 340 g/mol. The summed E-state index contributed by atoms with van der Waals surface area (Å²) >= 11 is 0. The molecule has 6 nitrogen and oxygen atoms in total. The van der Waals surface area contributed by atoms with Gasteiger partial charge in [0.15, 0.2) is 0 Å². The highest BCUT2D eigenvalue weighted by Crippen LogP contribution is 2.31. The zero-order valence-corrected chi connectivity index (χ0v) is 15.2. The van der Waals surface area contributed by atoms with Crippen molar-refractivity contribution < 1.29 is 9.53 Å². The summed E-state index contributed by atoms with van der Waals surface area (Å²) in [7, 11) is 1.62. The van der Waals surface area contributed by atoms with Crippen LogP contribution < -0.4 is 15.4 Å². The Balaban J connectivity index is 1.77. The van der Waals surface area contributed by atoms with Gasteiger partial charge in [-0.1, -0.05) is 30.3 Å². The van der Waals surface area contributed by atoms with Crippen molar-refractivity contribution in [2.45, 2.75) is 12.5 Å². The van der Waals surface area contributed by atoms with E-state index in [1.165, 1.54) is 0 Å². The van der Waals surface area contributed by atoms with Gasteiger partial charge in [-0.2, -0.15) is 5.10 Å². The van der Waals surface area contributed by atoms with Crippen molar-refractivity contribution in [1.29, 1.82) is 0 Å². The lowest BCUT2D eigenvalue weighted by molar-refractivity contribution is 0.0940. The number of nitrogens with one attached hydrogen (secondary N) is 2. The van der Waals surface area contributed by atoms with Gasteiger partial charge >= 0.3 is 0 Å². The second-order valence-electron chi connectivity index (χ2n) is 6.53. The smallest absolute Gasteiger partial charge is 0.255 e. The molecule has 4 rings (SSSR count). The van der Waals surface area contributed by atoms with E-state index in [2.05, 4.69) is 10.6 Å². The molecule has 1 fully saturated rings. The molecule has 27 heavy (non-hydrogen) atoms. The van der Waals surface area contributed by atoms with E-state index in [9.17, 15) is 4.79 Å². The Labute approximate surface area is 158 Å². The van der Waals surface area contributed by atoms with Crippen LogP contribution in [0.3, 0.4) is 0 Å². The van der Waals surface area contributed by atoms with E-state index in [4.69, 9.17) is 9.84 Å². The first-order valence-corrected chi connectivity index (χ1v) is 9.06. The standard InChI is InChI=1S/C21H22N4O2/c1-27-19-10-6-5-9-17(19)20-18(21(26)23-15-11-12-22-13-15)14-25(24-20)16-7-3-2-4-8-16/h2-10,14-15,22H,11-13H2,1H3,(H,23,26). The Morgan fingerprint density at radius 3 is 2.70 bits per heavy atom. The maximum absolute atomic E-state index is 13.0. The van der Waals surface area contributed by atoms with E-state index in [0.29, 0.717) is 17.0 Å². The fourth-order valence-electron chi connectivity index (χ4n) is 3.33. The molecular formula is C21H22N4O2. The lowest BCUT2D eigenvalue weighted by atomic mass is 10.1. The molecule has 1 aliphatic rings. The van der Waals surface area contributed by atoms with E-state index < -0.39 is 0 Å². The molecule has 2 heterocycles. The SMILES string of the molecule is COc1ccccc1-c1nn(-c2ccccc2)cc1C(=O)NC1CCNC1. The first-order chi connectivity index (χ1) is 13.3. The molecule has 2 aromatic carbocycles. The molecule has 2 N–H and O–H groups in total. The number of carbonyl (C=O) groups is 1. The first-order valence-electron chi connectivity index (χ1n) is 9.06. The van der Waals surface area contributed by atoms with Gasteiger partial charge in [0.05, 0.1) is 18.4 Å². The quantitative estimate of drug-likeness (QED) is 0.732. The van der Waals surface area contributed by atoms with Gasteiger partial charge in [-0.05, 0) is 37.2 Å². The van der Waals surface area contributed by atoms with Crippen LogP contribution >= 0.6 is 0 Å².